The van der Waals surface area contributed by atoms with E-state index in [0.29, 0.717) is 10.6 Å². The van der Waals surface area contributed by atoms with E-state index in [-0.39, 0.29) is 5.91 Å². The highest BCUT2D eigenvalue weighted by Gasteiger charge is 2.14. The Balaban J connectivity index is 1.84. The van der Waals surface area contributed by atoms with E-state index in [0.717, 1.165) is 37.0 Å². The number of hydrazone groups is 1. The van der Waals surface area contributed by atoms with E-state index in [1.807, 2.05) is 12.1 Å². The highest BCUT2D eigenvalue weighted by Crippen LogP contribution is 2.21. The fourth-order valence-electron chi connectivity index (χ4n) is 2.70. The summed E-state index contributed by atoms with van der Waals surface area (Å²) < 4.78 is 0. The number of hydrogen-bond acceptors (Lipinski definition) is 2. The van der Waals surface area contributed by atoms with Crippen molar-refractivity contribution in [1.82, 2.24) is 5.43 Å². The van der Waals surface area contributed by atoms with Crippen molar-refractivity contribution >= 4 is 23.2 Å². The molecule has 0 spiro atoms. The van der Waals surface area contributed by atoms with Crippen molar-refractivity contribution in [3.8, 4) is 0 Å². The number of carbonyl (C=O) groups is 1. The Labute approximate surface area is 135 Å². The third kappa shape index (κ3) is 3.20. The van der Waals surface area contributed by atoms with E-state index in [1.54, 1.807) is 24.3 Å². The van der Waals surface area contributed by atoms with Crippen LogP contribution >= 0.6 is 11.6 Å². The lowest BCUT2D eigenvalue weighted by atomic mass is 10.0. The molecular formula is C18H17ClN2O. The maximum atomic E-state index is 12.2. The molecule has 1 amide bonds. The number of amides is 1. The van der Waals surface area contributed by atoms with Gasteiger partial charge in [-0.3, -0.25) is 4.79 Å². The van der Waals surface area contributed by atoms with Crippen molar-refractivity contribution in [1.29, 1.82) is 0 Å². The quantitative estimate of drug-likeness (QED) is 0.655. The molecule has 1 aliphatic carbocycles. The molecule has 0 fully saturated rings. The zero-order chi connectivity index (χ0) is 15.4. The molecule has 2 aromatic rings. The SMILES string of the molecule is O=C(N/N=C1\CCCCc2ccccc21)c1ccccc1Cl. The molecular weight excluding hydrogens is 296 g/mol. The maximum absolute atomic E-state index is 12.2. The van der Waals surface area contributed by atoms with E-state index in [4.69, 9.17) is 11.6 Å². The topological polar surface area (TPSA) is 41.5 Å². The van der Waals surface area contributed by atoms with E-state index in [1.165, 1.54) is 5.56 Å². The molecule has 4 heteroatoms. The largest absolute Gasteiger partial charge is 0.272 e. The molecule has 3 rings (SSSR count). The molecule has 1 aliphatic rings. The Morgan fingerprint density at radius 3 is 2.59 bits per heavy atom. The minimum atomic E-state index is -0.278. The molecule has 0 unspecified atom stereocenters. The highest BCUT2D eigenvalue weighted by molar-refractivity contribution is 6.33. The molecule has 112 valence electrons. The standard InChI is InChI=1S/C18H17ClN2O/c19-16-11-5-4-10-15(16)18(22)21-20-17-12-6-2-8-13-7-1-3-9-14(13)17/h1,3-5,7,9-11H,2,6,8,12H2,(H,21,22)/b20-17+. The second-order valence-electron chi connectivity index (χ2n) is 5.34. The Hall–Kier alpha value is -2.13. The number of hydrogen-bond donors (Lipinski definition) is 1. The number of rotatable bonds is 2. The zero-order valence-corrected chi connectivity index (χ0v) is 12.9. The predicted octanol–water partition coefficient (Wildman–Crippen LogP) is 4.20. The van der Waals surface area contributed by atoms with E-state index in [9.17, 15) is 4.79 Å². The predicted molar refractivity (Wildman–Crippen MR) is 89.5 cm³/mol. The van der Waals surface area contributed by atoms with Crippen LogP contribution in [0.4, 0.5) is 0 Å². The van der Waals surface area contributed by atoms with Crippen molar-refractivity contribution in [3.63, 3.8) is 0 Å². The second-order valence-corrected chi connectivity index (χ2v) is 5.75. The molecule has 0 saturated heterocycles. The van der Waals surface area contributed by atoms with Gasteiger partial charge in [0.1, 0.15) is 0 Å². The van der Waals surface area contributed by atoms with Gasteiger partial charge in [0.2, 0.25) is 0 Å². The van der Waals surface area contributed by atoms with Crippen LogP contribution in [0.25, 0.3) is 0 Å². The summed E-state index contributed by atoms with van der Waals surface area (Å²) in [6.07, 6.45) is 4.16. The molecule has 0 aliphatic heterocycles. The number of fused-ring (bicyclic) bond motifs is 1. The normalized spacial score (nSPS) is 16.0. The smallest absolute Gasteiger partial charge is 0.267 e. The van der Waals surface area contributed by atoms with Gasteiger partial charge in [-0.25, -0.2) is 5.43 Å². The molecule has 0 radical (unpaired) electrons. The van der Waals surface area contributed by atoms with Gasteiger partial charge in [-0.15, -0.1) is 0 Å². The van der Waals surface area contributed by atoms with Gasteiger partial charge in [0, 0.05) is 5.56 Å². The molecule has 0 saturated carbocycles. The van der Waals surface area contributed by atoms with Crippen LogP contribution in [0.1, 0.15) is 40.7 Å². The first-order valence-corrected chi connectivity index (χ1v) is 7.83. The third-order valence-electron chi connectivity index (χ3n) is 3.85. The van der Waals surface area contributed by atoms with Crippen molar-refractivity contribution in [2.75, 3.05) is 0 Å². The summed E-state index contributed by atoms with van der Waals surface area (Å²) in [5.74, 6) is -0.278. The fraction of sp³-hybridized carbons (Fsp3) is 0.222. The molecule has 2 aromatic carbocycles. The number of nitrogens with zero attached hydrogens (tertiary/aromatic N) is 1. The molecule has 22 heavy (non-hydrogen) atoms. The molecule has 0 atom stereocenters. The second kappa shape index (κ2) is 6.75. The van der Waals surface area contributed by atoms with Gasteiger partial charge >= 0.3 is 0 Å². The average Bonchev–Trinajstić information content (AvgIpc) is 2.75. The Morgan fingerprint density at radius 1 is 1.00 bits per heavy atom. The lowest BCUT2D eigenvalue weighted by Crippen LogP contribution is -2.20. The first kappa shape index (κ1) is 14.8. The number of nitrogens with one attached hydrogen (secondary N) is 1. The van der Waals surface area contributed by atoms with Gasteiger partial charge < -0.3 is 0 Å². The van der Waals surface area contributed by atoms with Gasteiger partial charge in [0.15, 0.2) is 0 Å². The summed E-state index contributed by atoms with van der Waals surface area (Å²) in [4.78, 5) is 12.2. The van der Waals surface area contributed by atoms with Crippen LogP contribution in [0, 0.1) is 0 Å². The monoisotopic (exact) mass is 312 g/mol. The first-order chi connectivity index (χ1) is 10.8. The van der Waals surface area contributed by atoms with Crippen LogP contribution in [0.5, 0.6) is 0 Å². The molecule has 0 bridgehead atoms. The van der Waals surface area contributed by atoms with Crippen molar-refractivity contribution in [3.05, 3.63) is 70.2 Å². The van der Waals surface area contributed by atoms with Gasteiger partial charge in [-0.2, -0.15) is 5.10 Å². The maximum Gasteiger partial charge on any atom is 0.272 e. The fourth-order valence-corrected chi connectivity index (χ4v) is 2.92. The number of aryl methyl sites for hydroxylation is 1. The number of carbonyl (C=O) groups excluding carboxylic acids is 1. The summed E-state index contributed by atoms with van der Waals surface area (Å²) in [6, 6.07) is 15.2. The van der Waals surface area contributed by atoms with E-state index in [2.05, 4.69) is 22.7 Å². The van der Waals surface area contributed by atoms with Crippen LogP contribution in [0.15, 0.2) is 53.6 Å². The summed E-state index contributed by atoms with van der Waals surface area (Å²) >= 11 is 6.04. The minimum Gasteiger partial charge on any atom is -0.267 e. The number of halogens is 1. The summed E-state index contributed by atoms with van der Waals surface area (Å²) in [6.45, 7) is 0. The van der Waals surface area contributed by atoms with Crippen molar-refractivity contribution in [2.45, 2.75) is 25.7 Å². The Bertz CT molecular complexity index is 725. The van der Waals surface area contributed by atoms with Crippen LogP contribution < -0.4 is 5.43 Å². The lowest BCUT2D eigenvalue weighted by Gasteiger charge is -2.08. The van der Waals surface area contributed by atoms with Gasteiger partial charge in [0.05, 0.1) is 16.3 Å². The summed E-state index contributed by atoms with van der Waals surface area (Å²) in [7, 11) is 0. The highest BCUT2D eigenvalue weighted by atomic mass is 35.5. The lowest BCUT2D eigenvalue weighted by molar-refractivity contribution is 0.0955. The Morgan fingerprint density at radius 2 is 1.73 bits per heavy atom. The van der Waals surface area contributed by atoms with Gasteiger partial charge in [-0.05, 0) is 43.4 Å². The number of benzene rings is 2. The van der Waals surface area contributed by atoms with Gasteiger partial charge in [-0.1, -0.05) is 48.0 Å². The van der Waals surface area contributed by atoms with Crippen molar-refractivity contribution < 1.29 is 4.79 Å². The molecule has 3 nitrogen and oxygen atoms in total. The molecule has 0 heterocycles. The van der Waals surface area contributed by atoms with Crippen LogP contribution in [0.3, 0.4) is 0 Å². The Kier molecular flexibility index (Phi) is 4.54. The van der Waals surface area contributed by atoms with Crippen LogP contribution in [-0.4, -0.2) is 11.6 Å². The van der Waals surface area contributed by atoms with Crippen LogP contribution in [0.2, 0.25) is 5.02 Å². The average molecular weight is 313 g/mol. The van der Waals surface area contributed by atoms with Crippen molar-refractivity contribution in [2.24, 2.45) is 5.10 Å². The minimum absolute atomic E-state index is 0.278. The van der Waals surface area contributed by atoms with Gasteiger partial charge in [0.25, 0.3) is 5.91 Å². The summed E-state index contributed by atoms with van der Waals surface area (Å²) in [5.41, 5.74) is 6.46. The van der Waals surface area contributed by atoms with Crippen LogP contribution in [-0.2, 0) is 6.42 Å². The summed E-state index contributed by atoms with van der Waals surface area (Å²) in [5, 5.41) is 4.79. The molecule has 0 aromatic heterocycles. The van der Waals surface area contributed by atoms with E-state index < -0.39 is 0 Å². The molecule has 1 N–H and O–H groups in total. The zero-order valence-electron chi connectivity index (χ0n) is 12.2. The first-order valence-electron chi connectivity index (χ1n) is 7.45. The third-order valence-corrected chi connectivity index (χ3v) is 4.18. The van der Waals surface area contributed by atoms with E-state index >= 15 is 0 Å².